The van der Waals surface area contributed by atoms with Gasteiger partial charge in [0.2, 0.25) is 11.8 Å². The molecule has 9 rings (SSSR count). The number of amides is 2. The van der Waals surface area contributed by atoms with Crippen LogP contribution in [0.15, 0.2) is 49.3 Å². The average Bonchev–Trinajstić information content (AvgIpc) is 4.07. The fourth-order valence-electron chi connectivity index (χ4n) is 8.05. The molecule has 0 saturated carbocycles. The van der Waals surface area contributed by atoms with Crippen LogP contribution in [0.1, 0.15) is 57.5 Å². The quantitative estimate of drug-likeness (QED) is 0.108. The number of ether oxygens (including phenoxy) is 3. The predicted octanol–water partition coefficient (Wildman–Crippen LogP) is 4.07. The molecule has 7 heterocycles. The van der Waals surface area contributed by atoms with Gasteiger partial charge in [-0.1, -0.05) is 0 Å². The number of nitrogens with one attached hydrogen (secondary N) is 2. The first-order chi connectivity index (χ1) is 30.7. The van der Waals surface area contributed by atoms with Crippen molar-refractivity contribution in [3.8, 4) is 39.8 Å². The van der Waals surface area contributed by atoms with Crippen molar-refractivity contribution in [3.05, 3.63) is 71.6 Å². The number of hydrogen-bond acceptors (Lipinski definition) is 14. The molecule has 6 aromatic rings. The second-order valence-corrected chi connectivity index (χ2v) is 17.7. The number of imidazole rings is 2. The number of rotatable bonds is 12. The Balaban J connectivity index is 0.000000174. The topological polar surface area (TPSA) is 261 Å². The Bertz CT molecular complexity index is 2740. The van der Waals surface area contributed by atoms with Gasteiger partial charge >= 0.3 is 0 Å². The third kappa shape index (κ3) is 10.9. The van der Waals surface area contributed by atoms with Crippen LogP contribution in [0.2, 0.25) is 0 Å². The Kier molecular flexibility index (Phi) is 14.3. The van der Waals surface area contributed by atoms with Gasteiger partial charge in [0.1, 0.15) is 17.9 Å². The van der Waals surface area contributed by atoms with E-state index in [0.717, 1.165) is 96.4 Å². The van der Waals surface area contributed by atoms with E-state index in [1.807, 2.05) is 44.4 Å². The maximum absolute atomic E-state index is 12.4. The number of anilines is 1. The number of likely N-dealkylation sites (N-methyl/N-ethyl adjacent to an activating group) is 2. The number of H-pyrrole nitrogens is 2. The fraction of sp³-hybridized carbons (Fsp3) is 0.409. The number of likely N-dealkylation sites (tertiary alicyclic amines) is 1. The number of fused-ring (bicyclic) bond motifs is 4. The Morgan fingerprint density at radius 3 is 1.81 bits per heavy atom. The van der Waals surface area contributed by atoms with Crippen LogP contribution in [0.5, 0.6) is 17.5 Å². The van der Waals surface area contributed by atoms with Gasteiger partial charge in [0, 0.05) is 72.5 Å². The highest BCUT2D eigenvalue weighted by molar-refractivity contribution is 7.85. The van der Waals surface area contributed by atoms with E-state index in [0.29, 0.717) is 77.8 Å². The van der Waals surface area contributed by atoms with Crippen molar-refractivity contribution >= 4 is 49.7 Å². The van der Waals surface area contributed by atoms with Crippen LogP contribution in [0.3, 0.4) is 0 Å². The summed E-state index contributed by atoms with van der Waals surface area (Å²) < 4.78 is 43.1. The van der Waals surface area contributed by atoms with Crippen LogP contribution in [0.25, 0.3) is 44.3 Å². The number of benzene rings is 2. The zero-order valence-electron chi connectivity index (χ0n) is 36.5. The lowest BCUT2D eigenvalue weighted by Crippen LogP contribution is -2.32. The maximum atomic E-state index is 12.4. The lowest BCUT2D eigenvalue weighted by atomic mass is 9.97. The monoisotopic (exact) mass is 897 g/mol. The van der Waals surface area contributed by atoms with E-state index in [2.05, 4.69) is 51.8 Å². The molecule has 0 unspecified atom stereocenters. The highest BCUT2D eigenvalue weighted by Crippen LogP contribution is 2.39. The molecule has 0 bridgehead atoms. The van der Waals surface area contributed by atoms with Gasteiger partial charge in [-0.3, -0.25) is 14.1 Å². The van der Waals surface area contributed by atoms with Crippen LogP contribution < -0.4 is 30.6 Å². The van der Waals surface area contributed by atoms with Crippen molar-refractivity contribution in [1.29, 1.82) is 0 Å². The Hall–Kier alpha value is -6.35. The van der Waals surface area contributed by atoms with Crippen LogP contribution in [-0.2, 0) is 23.0 Å². The summed E-state index contributed by atoms with van der Waals surface area (Å²) in [5, 5.41) is 0. The summed E-state index contributed by atoms with van der Waals surface area (Å²) in [5.41, 5.74) is 21.5. The molecule has 20 heteroatoms. The molecule has 0 radical (unpaired) electrons. The lowest BCUT2D eigenvalue weighted by molar-refractivity contribution is 0.0991. The second-order valence-electron chi connectivity index (χ2n) is 16.2. The molecule has 2 amide bonds. The number of pyridine rings is 2. The van der Waals surface area contributed by atoms with Crippen molar-refractivity contribution in [2.75, 3.05) is 84.8 Å². The Labute approximate surface area is 371 Å². The zero-order valence-corrected chi connectivity index (χ0v) is 37.3. The molecule has 7 N–H and O–H groups in total. The summed E-state index contributed by atoms with van der Waals surface area (Å²) in [5.74, 6) is 0.822. The zero-order chi connectivity index (χ0) is 45.5. The number of carbonyl (C=O) groups is 2. The number of carbonyl (C=O) groups excluding carboxylic acids is 2. The van der Waals surface area contributed by atoms with Crippen molar-refractivity contribution in [2.45, 2.75) is 38.5 Å². The first kappa shape index (κ1) is 45.7. The van der Waals surface area contributed by atoms with Gasteiger partial charge in [0.25, 0.3) is 21.9 Å². The second kappa shape index (κ2) is 20.0. The summed E-state index contributed by atoms with van der Waals surface area (Å²) in [7, 11) is 2.27. The van der Waals surface area contributed by atoms with E-state index in [1.165, 1.54) is 12.8 Å². The molecule has 0 atom stereocenters. The minimum atomic E-state index is -3.67. The Morgan fingerprint density at radius 1 is 0.781 bits per heavy atom. The van der Waals surface area contributed by atoms with E-state index in [1.54, 1.807) is 18.9 Å². The largest absolute Gasteiger partial charge is 0.491 e. The maximum Gasteiger partial charge on any atom is 0.261 e. The number of nitrogens with zero attached hydrogens (tertiary/aromatic N) is 7. The molecule has 19 nitrogen and oxygen atoms in total. The number of hydrogen-bond donors (Lipinski definition) is 5. The standard InChI is InChI=1S/C23H28N6O2.C20H23N5O3.CH4O3S/c1-28(8-9-29-6-2-3-7-29)18-12-17(20-21(27-14-26-20)19(18)22(24)30)16-11-15-5-4-10-31-23(15)25-13-16;1-25(2)5-7-27-15-9-14(17-18(24-11-23-17)16(15)19(21)26)13-8-12-4-3-6-28-20(12)22-10-13;1-5(2,3)4/h11-14H,2-10H2,1H3,(H2,24,30)(H,26,27);8-11H,3-7H2,1-2H3,(H2,21,26)(H,23,24);1H3,(H,2,3,4). The molecule has 0 aliphatic carbocycles. The average molecular weight is 898 g/mol. The normalized spacial score (nSPS) is 14.7. The van der Waals surface area contributed by atoms with E-state index in [9.17, 15) is 18.0 Å². The number of aromatic nitrogens is 6. The molecular weight excluding hydrogens is 843 g/mol. The van der Waals surface area contributed by atoms with Crippen LogP contribution in [0, 0.1) is 0 Å². The van der Waals surface area contributed by atoms with Crippen LogP contribution >= 0.6 is 0 Å². The van der Waals surface area contributed by atoms with Gasteiger partial charge in [-0.2, -0.15) is 8.42 Å². The first-order valence-electron chi connectivity index (χ1n) is 21.1. The van der Waals surface area contributed by atoms with Gasteiger partial charge < -0.3 is 50.3 Å². The third-order valence-corrected chi connectivity index (χ3v) is 11.1. The van der Waals surface area contributed by atoms with Crippen molar-refractivity contribution in [3.63, 3.8) is 0 Å². The smallest absolute Gasteiger partial charge is 0.261 e. The van der Waals surface area contributed by atoms with Crippen molar-refractivity contribution in [2.24, 2.45) is 11.5 Å². The highest BCUT2D eigenvalue weighted by atomic mass is 32.2. The molecule has 0 spiro atoms. The Morgan fingerprint density at radius 2 is 1.30 bits per heavy atom. The van der Waals surface area contributed by atoms with Crippen LogP contribution in [0.4, 0.5) is 5.69 Å². The van der Waals surface area contributed by atoms with Gasteiger partial charge in [0.05, 0.1) is 65.4 Å². The molecule has 340 valence electrons. The van der Waals surface area contributed by atoms with E-state index in [4.69, 9.17) is 30.2 Å². The summed E-state index contributed by atoms with van der Waals surface area (Å²) in [6.45, 7) is 6.62. The third-order valence-electron chi connectivity index (χ3n) is 11.1. The van der Waals surface area contributed by atoms with Gasteiger partial charge in [-0.05, 0) is 90.0 Å². The summed E-state index contributed by atoms with van der Waals surface area (Å²) in [4.78, 5) is 55.3. The minimum Gasteiger partial charge on any atom is -0.491 e. The molecule has 3 aliphatic heterocycles. The summed E-state index contributed by atoms with van der Waals surface area (Å²) >= 11 is 0. The van der Waals surface area contributed by atoms with Crippen molar-refractivity contribution in [1.82, 2.24) is 39.7 Å². The predicted molar refractivity (Wildman–Crippen MR) is 244 cm³/mol. The van der Waals surface area contributed by atoms with E-state index in [-0.39, 0.29) is 0 Å². The molecule has 1 saturated heterocycles. The van der Waals surface area contributed by atoms with Gasteiger partial charge in [-0.25, -0.2) is 19.9 Å². The summed E-state index contributed by atoms with van der Waals surface area (Å²) in [6, 6.07) is 8.05. The van der Waals surface area contributed by atoms with Crippen molar-refractivity contribution < 1.29 is 36.8 Å². The lowest BCUT2D eigenvalue weighted by Gasteiger charge is -2.26. The summed E-state index contributed by atoms with van der Waals surface area (Å²) in [6.07, 6.45) is 13.8. The van der Waals surface area contributed by atoms with Gasteiger partial charge in [-0.15, -0.1) is 0 Å². The van der Waals surface area contributed by atoms with Gasteiger partial charge in [0.15, 0.2) is 0 Å². The SMILES string of the molecule is CN(C)CCOc1cc(-c2cnc3c(c2)CCCO3)c2nc[nH]c2c1C(N)=O.CN(CCN1CCCC1)c1cc(-c2cnc3c(c2)CCCO3)c2nc[nH]c2c1C(N)=O.CS(=O)(=O)O. The van der Waals surface area contributed by atoms with E-state index >= 15 is 0 Å². The molecule has 64 heavy (non-hydrogen) atoms. The molecular formula is C44H55N11O8S. The number of aromatic amines is 2. The molecule has 4 aromatic heterocycles. The first-order valence-corrected chi connectivity index (χ1v) is 23.0. The number of nitrogens with two attached hydrogens (primary N) is 2. The fourth-order valence-corrected chi connectivity index (χ4v) is 8.05. The minimum absolute atomic E-state index is 0.309. The highest BCUT2D eigenvalue weighted by Gasteiger charge is 2.25. The molecule has 2 aromatic carbocycles. The number of aryl methyl sites for hydroxylation is 2. The van der Waals surface area contributed by atoms with E-state index < -0.39 is 21.9 Å². The number of primary amides is 2. The van der Waals surface area contributed by atoms with Crippen LogP contribution in [-0.4, -0.2) is 144 Å². The molecule has 3 aliphatic rings. The molecule has 1 fully saturated rings.